The van der Waals surface area contributed by atoms with Gasteiger partial charge in [-0.3, -0.25) is 14.4 Å². The van der Waals surface area contributed by atoms with Gasteiger partial charge in [-0.2, -0.15) is 0 Å². The summed E-state index contributed by atoms with van der Waals surface area (Å²) in [5.41, 5.74) is 0. The van der Waals surface area contributed by atoms with Crippen LogP contribution in [0.5, 0.6) is 0 Å². The maximum Gasteiger partial charge on any atom is 0.306 e. The lowest BCUT2D eigenvalue weighted by atomic mass is 10.1. The van der Waals surface area contributed by atoms with Gasteiger partial charge in [-0.25, -0.2) is 0 Å². The molecule has 6 heteroatoms. The van der Waals surface area contributed by atoms with Gasteiger partial charge in [0.15, 0.2) is 6.10 Å². The van der Waals surface area contributed by atoms with Gasteiger partial charge in [0.2, 0.25) is 0 Å². The molecule has 0 aliphatic carbocycles. The number of rotatable bonds is 40. The Morgan fingerprint density at radius 3 is 1.16 bits per heavy atom. The first-order chi connectivity index (χ1) is 28.5. The van der Waals surface area contributed by atoms with Crippen molar-refractivity contribution < 1.29 is 28.6 Å². The van der Waals surface area contributed by atoms with Gasteiger partial charge in [-0.15, -0.1) is 0 Å². The number of allylic oxidation sites excluding steroid dienone is 16. The molecule has 0 heterocycles. The van der Waals surface area contributed by atoms with Crippen LogP contribution in [-0.2, 0) is 28.6 Å². The Balaban J connectivity index is 4.50. The van der Waals surface area contributed by atoms with Crippen molar-refractivity contribution in [2.45, 2.75) is 200 Å². The average Bonchev–Trinajstić information content (AvgIpc) is 3.22. The van der Waals surface area contributed by atoms with Crippen LogP contribution in [0.1, 0.15) is 194 Å². The fourth-order valence-electron chi connectivity index (χ4n) is 5.86. The normalized spacial score (nSPS) is 12.9. The molecular formula is C52H84O6. The van der Waals surface area contributed by atoms with Crippen molar-refractivity contribution in [1.29, 1.82) is 0 Å². The van der Waals surface area contributed by atoms with E-state index in [-0.39, 0.29) is 44.0 Å². The monoisotopic (exact) mass is 805 g/mol. The van der Waals surface area contributed by atoms with Gasteiger partial charge in [-0.05, 0) is 109 Å². The molecule has 0 aliphatic heterocycles. The van der Waals surface area contributed by atoms with E-state index in [2.05, 4.69) is 118 Å². The third-order valence-electron chi connectivity index (χ3n) is 9.30. The van der Waals surface area contributed by atoms with Crippen LogP contribution in [-0.4, -0.2) is 37.2 Å². The molecule has 0 spiro atoms. The molecule has 6 nitrogen and oxygen atoms in total. The van der Waals surface area contributed by atoms with Crippen molar-refractivity contribution in [2.75, 3.05) is 13.2 Å². The van der Waals surface area contributed by atoms with Crippen molar-refractivity contribution in [3.05, 3.63) is 97.2 Å². The van der Waals surface area contributed by atoms with Crippen molar-refractivity contribution in [1.82, 2.24) is 0 Å². The maximum absolute atomic E-state index is 12.7. The number of esters is 3. The van der Waals surface area contributed by atoms with E-state index in [1.807, 2.05) is 0 Å². The van der Waals surface area contributed by atoms with Crippen molar-refractivity contribution in [3.8, 4) is 0 Å². The topological polar surface area (TPSA) is 78.9 Å². The van der Waals surface area contributed by atoms with Crippen molar-refractivity contribution >= 4 is 17.9 Å². The van der Waals surface area contributed by atoms with E-state index in [1.165, 1.54) is 44.9 Å². The number of unbranched alkanes of at least 4 members (excludes halogenated alkanes) is 13. The van der Waals surface area contributed by atoms with Gasteiger partial charge in [0.1, 0.15) is 13.2 Å². The van der Waals surface area contributed by atoms with Crippen LogP contribution in [0.15, 0.2) is 97.2 Å². The summed E-state index contributed by atoms with van der Waals surface area (Å²) in [5, 5.41) is 0. The molecule has 0 aromatic carbocycles. The summed E-state index contributed by atoms with van der Waals surface area (Å²) in [6.45, 7) is 6.27. The van der Waals surface area contributed by atoms with Crippen LogP contribution in [0.2, 0.25) is 0 Å². The van der Waals surface area contributed by atoms with E-state index >= 15 is 0 Å². The van der Waals surface area contributed by atoms with E-state index in [0.29, 0.717) is 12.8 Å². The second-order valence-corrected chi connectivity index (χ2v) is 14.9. The van der Waals surface area contributed by atoms with Gasteiger partial charge in [0, 0.05) is 19.3 Å². The Bertz CT molecular complexity index is 1200. The van der Waals surface area contributed by atoms with Gasteiger partial charge >= 0.3 is 17.9 Å². The first-order valence-corrected chi connectivity index (χ1v) is 23.2. The molecule has 0 N–H and O–H groups in total. The van der Waals surface area contributed by atoms with Gasteiger partial charge in [0.25, 0.3) is 0 Å². The second kappa shape index (κ2) is 46.0. The maximum atomic E-state index is 12.7. The number of hydrogen-bond acceptors (Lipinski definition) is 6. The number of carbonyl (C=O) groups excluding carboxylic acids is 3. The number of carbonyl (C=O) groups is 3. The van der Waals surface area contributed by atoms with E-state index in [4.69, 9.17) is 14.2 Å². The molecule has 0 saturated heterocycles. The minimum atomic E-state index is -0.821. The molecule has 328 valence electrons. The molecule has 1 atom stereocenters. The molecule has 0 aliphatic rings. The highest BCUT2D eigenvalue weighted by molar-refractivity contribution is 5.71. The fraction of sp³-hybridized carbons (Fsp3) is 0.635. The highest BCUT2D eigenvalue weighted by Crippen LogP contribution is 2.11. The minimum Gasteiger partial charge on any atom is -0.462 e. The average molecular weight is 805 g/mol. The summed E-state index contributed by atoms with van der Waals surface area (Å²) < 4.78 is 16.6. The molecule has 0 fully saturated rings. The Kier molecular flexibility index (Phi) is 43.1. The van der Waals surface area contributed by atoms with E-state index < -0.39 is 6.10 Å². The molecule has 0 radical (unpaired) electrons. The molecule has 0 amide bonds. The smallest absolute Gasteiger partial charge is 0.306 e. The van der Waals surface area contributed by atoms with Crippen LogP contribution in [0.3, 0.4) is 0 Å². The lowest BCUT2D eigenvalue weighted by Crippen LogP contribution is -2.30. The Hall–Kier alpha value is -3.67. The fourth-order valence-corrected chi connectivity index (χ4v) is 5.86. The van der Waals surface area contributed by atoms with Gasteiger partial charge < -0.3 is 14.2 Å². The zero-order valence-electron chi connectivity index (χ0n) is 37.3. The molecule has 0 saturated carbocycles. The number of hydrogen-bond donors (Lipinski definition) is 0. The molecule has 0 aromatic heterocycles. The summed E-state index contributed by atoms with van der Waals surface area (Å²) in [4.78, 5) is 37.7. The third-order valence-corrected chi connectivity index (χ3v) is 9.30. The summed E-state index contributed by atoms with van der Waals surface area (Å²) in [6.07, 6.45) is 59.8. The lowest BCUT2D eigenvalue weighted by molar-refractivity contribution is -0.167. The third kappa shape index (κ3) is 43.5. The molecular weight excluding hydrogens is 721 g/mol. The zero-order chi connectivity index (χ0) is 42.3. The summed E-state index contributed by atoms with van der Waals surface area (Å²) in [7, 11) is 0. The Morgan fingerprint density at radius 1 is 0.362 bits per heavy atom. The molecule has 0 rings (SSSR count). The van der Waals surface area contributed by atoms with Crippen LogP contribution in [0.25, 0.3) is 0 Å². The standard InChI is InChI=1S/C52H84O6/c1-4-7-10-13-16-19-21-23-25-26-27-29-30-33-36-39-42-45-51(54)57-48-49(47-56-50(53)44-41-38-35-32-18-15-12-9-6-3)58-52(55)46-43-40-37-34-31-28-24-22-20-17-14-11-8-5-2/h8-9,11-12,17-18,20,23-25,27-29,32-33,36,49H,4-7,10,13-16,19,21-22,26,30-31,34-35,37-48H2,1-3H3/b11-8-,12-9-,20-17-,25-23-,28-24-,29-27-,32-18-,36-33-. The number of ether oxygens (including phenoxy) is 3. The molecule has 0 aromatic rings. The van der Waals surface area contributed by atoms with Crippen LogP contribution in [0, 0.1) is 0 Å². The second-order valence-electron chi connectivity index (χ2n) is 14.9. The van der Waals surface area contributed by atoms with E-state index in [9.17, 15) is 14.4 Å². The summed E-state index contributed by atoms with van der Waals surface area (Å²) in [5.74, 6) is -1.04. The van der Waals surface area contributed by atoms with Crippen molar-refractivity contribution in [3.63, 3.8) is 0 Å². The Morgan fingerprint density at radius 2 is 0.690 bits per heavy atom. The SMILES string of the molecule is CC/C=C\C/C=C\C/C=C\CCCCCCC(=O)OC(COC(=O)CCC/C=C\C/C=C\C/C=C\CCCCCCCC)COC(=O)CCCC/C=C\C/C=C\CC. The van der Waals surface area contributed by atoms with Crippen LogP contribution in [0.4, 0.5) is 0 Å². The minimum absolute atomic E-state index is 0.121. The Labute approximate surface area is 356 Å². The molecule has 0 bridgehead atoms. The molecule has 58 heavy (non-hydrogen) atoms. The van der Waals surface area contributed by atoms with Crippen LogP contribution < -0.4 is 0 Å². The first kappa shape index (κ1) is 54.3. The quantitative estimate of drug-likeness (QED) is 0.0266. The van der Waals surface area contributed by atoms with Crippen molar-refractivity contribution in [2.24, 2.45) is 0 Å². The van der Waals surface area contributed by atoms with Gasteiger partial charge in [0.05, 0.1) is 0 Å². The zero-order valence-corrected chi connectivity index (χ0v) is 37.3. The van der Waals surface area contributed by atoms with E-state index in [1.54, 1.807) is 0 Å². The highest BCUT2D eigenvalue weighted by Gasteiger charge is 2.19. The van der Waals surface area contributed by atoms with E-state index in [0.717, 1.165) is 103 Å². The summed E-state index contributed by atoms with van der Waals surface area (Å²) >= 11 is 0. The lowest BCUT2D eigenvalue weighted by Gasteiger charge is -2.18. The first-order valence-electron chi connectivity index (χ1n) is 23.2. The van der Waals surface area contributed by atoms with Crippen LogP contribution >= 0.6 is 0 Å². The predicted molar refractivity (Wildman–Crippen MR) is 247 cm³/mol. The molecule has 1 unspecified atom stereocenters. The predicted octanol–water partition coefficient (Wildman–Crippen LogP) is 15.0. The summed E-state index contributed by atoms with van der Waals surface area (Å²) in [6, 6.07) is 0. The largest absolute Gasteiger partial charge is 0.462 e. The van der Waals surface area contributed by atoms with Gasteiger partial charge in [-0.1, -0.05) is 163 Å². The highest BCUT2D eigenvalue weighted by atomic mass is 16.6.